The zero-order valence-electron chi connectivity index (χ0n) is 10.6. The van der Waals surface area contributed by atoms with Gasteiger partial charge in [-0.25, -0.2) is 4.98 Å². The lowest BCUT2D eigenvalue weighted by Gasteiger charge is -2.17. The van der Waals surface area contributed by atoms with Gasteiger partial charge in [0.25, 0.3) is 0 Å². The summed E-state index contributed by atoms with van der Waals surface area (Å²) in [6.45, 7) is 2.09. The fourth-order valence-electron chi connectivity index (χ4n) is 1.83. The quantitative estimate of drug-likeness (QED) is 0.883. The summed E-state index contributed by atoms with van der Waals surface area (Å²) in [4.78, 5) is 6.38. The van der Waals surface area contributed by atoms with Crippen LogP contribution in [-0.2, 0) is 10.2 Å². The summed E-state index contributed by atoms with van der Waals surface area (Å²) in [5.41, 5.74) is 1.04. The third kappa shape index (κ3) is 2.91. The summed E-state index contributed by atoms with van der Waals surface area (Å²) in [5, 5.41) is 0. The highest BCUT2D eigenvalue weighted by atomic mass is 32.2. The molecule has 1 aliphatic rings. The number of hydrogen-bond donors (Lipinski definition) is 1. The monoisotopic (exact) mass is 270 g/mol. The van der Waals surface area contributed by atoms with Gasteiger partial charge in [0.15, 0.2) is 0 Å². The molecule has 0 aromatic carbocycles. The molecule has 6 nitrogen and oxygen atoms in total. The van der Waals surface area contributed by atoms with Gasteiger partial charge in [-0.05, 0) is 25.0 Å². The molecule has 2 rings (SSSR count). The molecular weight excluding hydrogens is 252 g/mol. The SMILES string of the molecule is CN(C)S(=O)(=O)Nc1ccc(N2CCCC2)cn1. The van der Waals surface area contributed by atoms with E-state index in [2.05, 4.69) is 14.6 Å². The molecule has 1 aliphatic heterocycles. The topological polar surface area (TPSA) is 65.5 Å². The smallest absolute Gasteiger partial charge is 0.302 e. The minimum Gasteiger partial charge on any atom is -0.370 e. The second kappa shape index (κ2) is 5.11. The van der Waals surface area contributed by atoms with Crippen molar-refractivity contribution in [1.82, 2.24) is 9.29 Å². The summed E-state index contributed by atoms with van der Waals surface area (Å²) < 4.78 is 26.7. The Balaban J connectivity index is 2.08. The maximum atomic E-state index is 11.6. The zero-order valence-corrected chi connectivity index (χ0v) is 11.4. The number of pyridine rings is 1. The second-order valence-electron chi connectivity index (χ2n) is 4.49. The van der Waals surface area contributed by atoms with E-state index in [4.69, 9.17) is 0 Å². The van der Waals surface area contributed by atoms with E-state index in [1.54, 1.807) is 12.3 Å². The lowest BCUT2D eigenvalue weighted by Crippen LogP contribution is -2.29. The summed E-state index contributed by atoms with van der Waals surface area (Å²) >= 11 is 0. The molecule has 0 atom stereocenters. The molecule has 7 heteroatoms. The van der Waals surface area contributed by atoms with Crippen LogP contribution in [0.5, 0.6) is 0 Å². The Morgan fingerprint density at radius 3 is 2.44 bits per heavy atom. The standard InChI is InChI=1S/C11H18N4O2S/c1-14(2)18(16,17)13-11-6-5-10(9-12-11)15-7-3-4-8-15/h5-6,9H,3-4,7-8H2,1-2H3,(H,12,13). The fraction of sp³-hybridized carbons (Fsp3) is 0.545. The van der Waals surface area contributed by atoms with Crippen LogP contribution in [0.4, 0.5) is 11.5 Å². The van der Waals surface area contributed by atoms with Crippen LogP contribution in [-0.4, -0.2) is 44.9 Å². The Bertz CT molecular complexity index is 492. The summed E-state index contributed by atoms with van der Waals surface area (Å²) in [5.74, 6) is 0.339. The highest BCUT2D eigenvalue weighted by Gasteiger charge is 2.15. The van der Waals surface area contributed by atoms with Crippen molar-refractivity contribution < 1.29 is 8.42 Å². The van der Waals surface area contributed by atoms with Crippen LogP contribution in [0.1, 0.15) is 12.8 Å². The van der Waals surface area contributed by atoms with Crippen LogP contribution in [0.25, 0.3) is 0 Å². The Morgan fingerprint density at radius 2 is 1.94 bits per heavy atom. The van der Waals surface area contributed by atoms with E-state index in [0.717, 1.165) is 23.1 Å². The number of nitrogens with one attached hydrogen (secondary N) is 1. The lowest BCUT2D eigenvalue weighted by molar-refractivity contribution is 0.526. The van der Waals surface area contributed by atoms with E-state index in [1.165, 1.54) is 26.9 Å². The maximum absolute atomic E-state index is 11.6. The number of anilines is 2. The molecule has 0 spiro atoms. The Morgan fingerprint density at radius 1 is 1.28 bits per heavy atom. The third-order valence-electron chi connectivity index (χ3n) is 2.93. The van der Waals surface area contributed by atoms with Gasteiger partial charge in [-0.3, -0.25) is 4.72 Å². The third-order valence-corrected chi connectivity index (χ3v) is 4.36. The van der Waals surface area contributed by atoms with Gasteiger partial charge in [0.05, 0.1) is 11.9 Å². The van der Waals surface area contributed by atoms with Crippen molar-refractivity contribution >= 4 is 21.7 Å². The van der Waals surface area contributed by atoms with Gasteiger partial charge in [0.1, 0.15) is 5.82 Å². The molecule has 1 saturated heterocycles. The Hall–Kier alpha value is -1.34. The van der Waals surface area contributed by atoms with Crippen molar-refractivity contribution in [1.29, 1.82) is 0 Å². The predicted molar refractivity (Wildman–Crippen MR) is 71.9 cm³/mol. The van der Waals surface area contributed by atoms with Crippen LogP contribution in [0, 0.1) is 0 Å². The van der Waals surface area contributed by atoms with E-state index in [1.807, 2.05) is 6.07 Å². The zero-order chi connectivity index (χ0) is 13.2. The van der Waals surface area contributed by atoms with Gasteiger partial charge in [0, 0.05) is 27.2 Å². The van der Waals surface area contributed by atoms with Crippen LogP contribution in [0.2, 0.25) is 0 Å². The van der Waals surface area contributed by atoms with Crippen molar-refractivity contribution in [3.8, 4) is 0 Å². The van der Waals surface area contributed by atoms with Crippen molar-refractivity contribution in [3.63, 3.8) is 0 Å². The molecule has 0 aliphatic carbocycles. The number of nitrogens with zero attached hydrogens (tertiary/aromatic N) is 3. The Kier molecular flexibility index (Phi) is 3.72. The first-order valence-corrected chi connectivity index (χ1v) is 7.34. The van der Waals surface area contributed by atoms with Gasteiger partial charge in [-0.1, -0.05) is 0 Å². The highest BCUT2D eigenvalue weighted by Crippen LogP contribution is 2.20. The average Bonchev–Trinajstić information content (AvgIpc) is 2.83. The van der Waals surface area contributed by atoms with Crippen molar-refractivity contribution in [2.45, 2.75) is 12.8 Å². The average molecular weight is 270 g/mol. The molecule has 0 bridgehead atoms. The molecule has 1 fully saturated rings. The number of hydrogen-bond acceptors (Lipinski definition) is 4. The molecule has 18 heavy (non-hydrogen) atoms. The van der Waals surface area contributed by atoms with Gasteiger partial charge < -0.3 is 4.90 Å². The second-order valence-corrected chi connectivity index (χ2v) is 6.37. The molecule has 0 amide bonds. The van der Waals surface area contributed by atoms with E-state index < -0.39 is 10.2 Å². The number of aromatic nitrogens is 1. The molecule has 1 aromatic heterocycles. The molecule has 100 valence electrons. The molecule has 0 unspecified atom stereocenters. The minimum atomic E-state index is -3.48. The van der Waals surface area contributed by atoms with Gasteiger partial charge in [-0.2, -0.15) is 12.7 Å². The molecule has 1 N–H and O–H groups in total. The summed E-state index contributed by atoms with van der Waals surface area (Å²) in [6.07, 6.45) is 4.11. The first-order chi connectivity index (χ1) is 8.49. The van der Waals surface area contributed by atoms with Crippen molar-refractivity contribution in [2.24, 2.45) is 0 Å². The molecule has 0 radical (unpaired) electrons. The largest absolute Gasteiger partial charge is 0.370 e. The summed E-state index contributed by atoms with van der Waals surface area (Å²) in [6, 6.07) is 3.58. The Labute approximate surface area is 108 Å². The predicted octanol–water partition coefficient (Wildman–Crippen LogP) is 0.900. The van der Waals surface area contributed by atoms with Gasteiger partial charge >= 0.3 is 10.2 Å². The summed E-state index contributed by atoms with van der Waals surface area (Å²) in [7, 11) is -0.530. The molecule has 0 saturated carbocycles. The molecule has 2 heterocycles. The normalized spacial score (nSPS) is 16.3. The van der Waals surface area contributed by atoms with Crippen LogP contribution in [0.15, 0.2) is 18.3 Å². The van der Waals surface area contributed by atoms with Crippen LogP contribution >= 0.6 is 0 Å². The van der Waals surface area contributed by atoms with Crippen LogP contribution in [0.3, 0.4) is 0 Å². The van der Waals surface area contributed by atoms with Crippen molar-refractivity contribution in [2.75, 3.05) is 36.8 Å². The minimum absolute atomic E-state index is 0.339. The number of rotatable bonds is 4. The van der Waals surface area contributed by atoms with E-state index in [-0.39, 0.29) is 0 Å². The lowest BCUT2D eigenvalue weighted by atomic mass is 10.4. The fourth-order valence-corrected chi connectivity index (χ4v) is 2.40. The first-order valence-electron chi connectivity index (χ1n) is 5.90. The van der Waals surface area contributed by atoms with E-state index in [9.17, 15) is 8.42 Å². The highest BCUT2D eigenvalue weighted by molar-refractivity contribution is 7.90. The molecule has 1 aromatic rings. The van der Waals surface area contributed by atoms with Crippen LogP contribution < -0.4 is 9.62 Å². The van der Waals surface area contributed by atoms with Gasteiger partial charge in [-0.15, -0.1) is 0 Å². The van der Waals surface area contributed by atoms with E-state index >= 15 is 0 Å². The van der Waals surface area contributed by atoms with E-state index in [0.29, 0.717) is 5.82 Å². The van der Waals surface area contributed by atoms with Crippen molar-refractivity contribution in [3.05, 3.63) is 18.3 Å². The first kappa shape index (κ1) is 13.1. The maximum Gasteiger partial charge on any atom is 0.302 e. The van der Waals surface area contributed by atoms with Gasteiger partial charge in [0.2, 0.25) is 0 Å². The molecular formula is C11H18N4O2S.